The highest BCUT2D eigenvalue weighted by Gasteiger charge is 2.38. The van der Waals surface area contributed by atoms with Gasteiger partial charge < -0.3 is 14.4 Å². The molecule has 3 aliphatic rings. The molecule has 2 bridgehead atoms. The Morgan fingerprint density at radius 1 is 0.800 bits per heavy atom. The maximum absolute atomic E-state index is 6.70. The van der Waals surface area contributed by atoms with E-state index < -0.39 is 0 Å². The highest BCUT2D eigenvalue weighted by Crippen LogP contribution is 2.49. The van der Waals surface area contributed by atoms with Gasteiger partial charge in [0.25, 0.3) is 0 Å². The number of nitrogens with zero attached hydrogens (tertiary/aromatic N) is 5. The molecule has 2 atom stereocenters. The molecule has 6 heterocycles. The van der Waals surface area contributed by atoms with Crippen molar-refractivity contribution in [3.63, 3.8) is 0 Å². The summed E-state index contributed by atoms with van der Waals surface area (Å²) in [5.74, 6) is 2.50. The minimum absolute atomic E-state index is 0.462. The van der Waals surface area contributed by atoms with E-state index in [1.807, 2.05) is 18.6 Å². The monoisotopic (exact) mass is 597 g/mol. The largest absolute Gasteiger partial charge is 0.451 e. The molecule has 2 N–H and O–H groups in total. The summed E-state index contributed by atoms with van der Waals surface area (Å²) in [6.45, 7) is 6.23. The van der Waals surface area contributed by atoms with Crippen LogP contribution in [0, 0.1) is 6.92 Å². The lowest BCUT2D eigenvalue weighted by molar-refractivity contribution is 0.0300. The number of aromatic nitrogens is 5. The fourth-order valence-electron chi connectivity index (χ4n) is 7.36. The number of ether oxygens (including phenoxy) is 2. The number of anilines is 2. The Kier molecular flexibility index (Phi) is 6.35. The number of fused-ring (bicyclic) bond motifs is 6. The minimum atomic E-state index is 0.462. The fraction of sp³-hybridized carbons (Fsp3) is 0.306. The van der Waals surface area contributed by atoms with Crippen molar-refractivity contribution in [1.29, 1.82) is 0 Å². The predicted octanol–water partition coefficient (Wildman–Crippen LogP) is 7.36. The van der Waals surface area contributed by atoms with E-state index >= 15 is 0 Å². The van der Waals surface area contributed by atoms with Crippen LogP contribution in [0.25, 0.3) is 44.1 Å². The van der Waals surface area contributed by atoms with Gasteiger partial charge in [-0.15, -0.1) is 0 Å². The van der Waals surface area contributed by atoms with Crippen molar-refractivity contribution < 1.29 is 9.47 Å². The van der Waals surface area contributed by atoms with Gasteiger partial charge >= 0.3 is 0 Å². The summed E-state index contributed by atoms with van der Waals surface area (Å²) in [6, 6.07) is 19.9. The number of nitrogens with one attached hydrogen (secondary N) is 2. The van der Waals surface area contributed by atoms with Crippen LogP contribution in [0.4, 0.5) is 11.5 Å². The molecule has 0 aliphatic carbocycles. The molecule has 0 saturated carbocycles. The van der Waals surface area contributed by atoms with Gasteiger partial charge in [-0.3, -0.25) is 15.1 Å². The smallest absolute Gasteiger partial charge is 0.176 e. The normalized spacial score (nSPS) is 18.9. The molecule has 9 rings (SSSR count). The van der Waals surface area contributed by atoms with Crippen molar-refractivity contribution in [1.82, 2.24) is 30.3 Å². The first-order valence-corrected chi connectivity index (χ1v) is 16.0. The Bertz CT molecular complexity index is 2050. The number of benzene rings is 3. The Morgan fingerprint density at radius 2 is 1.58 bits per heavy atom. The van der Waals surface area contributed by atoms with E-state index in [-0.39, 0.29) is 0 Å². The fourth-order valence-corrected chi connectivity index (χ4v) is 7.36. The van der Waals surface area contributed by atoms with E-state index in [0.717, 1.165) is 99.7 Å². The Hall–Kier alpha value is -4.73. The number of likely N-dealkylation sites (tertiary alicyclic amines) is 1. The Balaban J connectivity index is 1.03. The summed E-state index contributed by atoms with van der Waals surface area (Å²) in [6.07, 6.45) is 10.8. The van der Waals surface area contributed by atoms with Crippen molar-refractivity contribution in [2.45, 2.75) is 44.8 Å². The summed E-state index contributed by atoms with van der Waals surface area (Å²) in [5, 5.41) is 16.6. The van der Waals surface area contributed by atoms with Crippen LogP contribution in [0.5, 0.6) is 11.5 Å². The second kappa shape index (κ2) is 10.7. The third-order valence-corrected chi connectivity index (χ3v) is 9.77. The average molecular weight is 598 g/mol. The molecule has 0 radical (unpaired) electrons. The highest BCUT2D eigenvalue weighted by atomic mass is 16.5. The molecule has 3 aromatic carbocycles. The molecule has 0 unspecified atom stereocenters. The van der Waals surface area contributed by atoms with Crippen molar-refractivity contribution >= 4 is 33.3 Å². The number of rotatable bonds is 8. The summed E-state index contributed by atoms with van der Waals surface area (Å²) in [4.78, 5) is 10.0. The standard InChI is InChI=1S/C36H35N7O2/c1-22-11-33-34(16-30(22)24-6-8-32-27(13-24)19-39-41-32)45-35-14-25(23-5-7-31-26(12-23)18-38-40-31)17-37-36(35)43(33)10-4-2-3-9-42-20-29-15-28(42)21-44-29/h5-8,11-14,16-19,28-29H,2-4,9-10,15,20-21H2,1H3,(H,38,40)(H,39,41)/t28-,29-/m0/s1. The maximum Gasteiger partial charge on any atom is 0.176 e. The highest BCUT2D eigenvalue weighted by molar-refractivity contribution is 5.88. The first-order valence-electron chi connectivity index (χ1n) is 16.0. The van der Waals surface area contributed by atoms with E-state index in [4.69, 9.17) is 14.5 Å². The SMILES string of the molecule is Cc1cc2c(cc1-c1ccc3[nH]ncc3c1)Oc1cc(-c3ccc4[nH]ncc4c3)cnc1N2CCCCCN1C[C@@H]2C[C@H]1CO2. The van der Waals surface area contributed by atoms with Crippen molar-refractivity contribution in [3.8, 4) is 33.8 Å². The topological polar surface area (TPSA) is 95.2 Å². The first kappa shape index (κ1) is 26.7. The van der Waals surface area contributed by atoms with Crippen molar-refractivity contribution in [3.05, 3.63) is 78.8 Å². The Morgan fingerprint density at radius 3 is 2.36 bits per heavy atom. The van der Waals surface area contributed by atoms with Gasteiger partial charge in [-0.05, 0) is 97.4 Å². The summed E-state index contributed by atoms with van der Waals surface area (Å²) < 4.78 is 12.5. The molecular formula is C36H35N7O2. The lowest BCUT2D eigenvalue weighted by Crippen LogP contribution is -2.37. The maximum atomic E-state index is 6.70. The van der Waals surface area contributed by atoms with Crippen LogP contribution in [-0.4, -0.2) is 68.7 Å². The van der Waals surface area contributed by atoms with E-state index in [1.165, 1.54) is 24.8 Å². The number of hydrogen-bond donors (Lipinski definition) is 2. The van der Waals surface area contributed by atoms with E-state index in [2.05, 4.69) is 91.7 Å². The third-order valence-electron chi connectivity index (χ3n) is 9.77. The van der Waals surface area contributed by atoms with Gasteiger partial charge in [0.2, 0.25) is 0 Å². The van der Waals surface area contributed by atoms with E-state index in [0.29, 0.717) is 12.1 Å². The summed E-state index contributed by atoms with van der Waals surface area (Å²) in [5.41, 5.74) is 8.71. The number of hydrogen-bond acceptors (Lipinski definition) is 7. The zero-order valence-corrected chi connectivity index (χ0v) is 25.3. The van der Waals surface area contributed by atoms with Gasteiger partial charge in [-0.1, -0.05) is 18.6 Å². The molecule has 2 fully saturated rings. The van der Waals surface area contributed by atoms with E-state index in [9.17, 15) is 0 Å². The van der Waals surface area contributed by atoms with Gasteiger partial charge in [0, 0.05) is 41.7 Å². The molecule has 9 nitrogen and oxygen atoms in total. The van der Waals surface area contributed by atoms with Crippen LogP contribution in [0.3, 0.4) is 0 Å². The molecule has 45 heavy (non-hydrogen) atoms. The van der Waals surface area contributed by atoms with Gasteiger partial charge in [-0.25, -0.2) is 4.98 Å². The molecular weight excluding hydrogens is 562 g/mol. The number of unbranched alkanes of at least 4 members (excludes halogenated alkanes) is 2. The van der Waals surface area contributed by atoms with Crippen molar-refractivity contribution in [2.75, 3.05) is 31.1 Å². The zero-order valence-electron chi connectivity index (χ0n) is 25.3. The molecule has 3 aromatic heterocycles. The minimum Gasteiger partial charge on any atom is -0.451 e. The number of aryl methyl sites for hydroxylation is 1. The molecule has 0 spiro atoms. The second-order valence-electron chi connectivity index (χ2n) is 12.7. The predicted molar refractivity (Wildman–Crippen MR) is 176 cm³/mol. The molecule has 6 aromatic rings. The molecule has 0 amide bonds. The van der Waals surface area contributed by atoms with Gasteiger partial charge in [0.05, 0.1) is 41.8 Å². The first-order chi connectivity index (χ1) is 22.2. The third kappa shape index (κ3) is 4.74. The van der Waals surface area contributed by atoms with Crippen LogP contribution in [-0.2, 0) is 4.74 Å². The summed E-state index contributed by atoms with van der Waals surface area (Å²) >= 11 is 0. The van der Waals surface area contributed by atoms with Crippen LogP contribution in [0.1, 0.15) is 31.2 Å². The number of H-pyrrole nitrogens is 2. The van der Waals surface area contributed by atoms with Crippen LogP contribution in [0.2, 0.25) is 0 Å². The van der Waals surface area contributed by atoms with Gasteiger partial charge in [-0.2, -0.15) is 10.2 Å². The van der Waals surface area contributed by atoms with E-state index in [1.54, 1.807) is 0 Å². The second-order valence-corrected chi connectivity index (χ2v) is 12.7. The average Bonchev–Trinajstić information content (AvgIpc) is 3.88. The Labute approximate surface area is 261 Å². The molecule has 226 valence electrons. The van der Waals surface area contributed by atoms with Gasteiger partial charge in [0.15, 0.2) is 17.3 Å². The lowest BCUT2D eigenvalue weighted by Gasteiger charge is -2.33. The van der Waals surface area contributed by atoms with Crippen LogP contribution >= 0.6 is 0 Å². The van der Waals surface area contributed by atoms with Crippen LogP contribution in [0.15, 0.2) is 73.2 Å². The number of pyridine rings is 1. The van der Waals surface area contributed by atoms with Gasteiger partial charge in [0.1, 0.15) is 0 Å². The number of morpholine rings is 1. The molecule has 2 saturated heterocycles. The van der Waals surface area contributed by atoms with Crippen LogP contribution < -0.4 is 9.64 Å². The molecule has 3 aliphatic heterocycles. The number of aromatic amines is 2. The lowest BCUT2D eigenvalue weighted by atomic mass is 9.97. The zero-order chi connectivity index (χ0) is 29.9. The van der Waals surface area contributed by atoms with Crippen molar-refractivity contribution in [2.24, 2.45) is 0 Å². The quantitative estimate of drug-likeness (QED) is 0.177. The molecule has 9 heteroatoms. The summed E-state index contributed by atoms with van der Waals surface area (Å²) in [7, 11) is 0.